The zero-order valence-corrected chi connectivity index (χ0v) is 16.0. The lowest BCUT2D eigenvalue weighted by molar-refractivity contribution is 0.0510. The maximum Gasteiger partial charge on any atom is 0.271 e. The molecule has 1 saturated heterocycles. The van der Waals surface area contributed by atoms with Crippen LogP contribution < -0.4 is 10.6 Å². The summed E-state index contributed by atoms with van der Waals surface area (Å²) in [6, 6.07) is 0. The largest absolute Gasteiger partial charge is 0.384 e. The van der Waals surface area contributed by atoms with Crippen LogP contribution in [0.15, 0.2) is 6.20 Å². The Balaban J connectivity index is 0.00000288. The van der Waals surface area contributed by atoms with Crippen LogP contribution in [0.3, 0.4) is 0 Å². The standard InChI is InChI=1S/C16H25ClN4O2.ClH/c1-11(2)14-19-8-12(17)13(21-14)15(22)20-9-16(10-23-3)4-6-18-7-5-16;/h8,11,18H,4-7,9-10H2,1-3H3,(H,20,22);1H. The van der Waals surface area contributed by atoms with Gasteiger partial charge < -0.3 is 15.4 Å². The summed E-state index contributed by atoms with van der Waals surface area (Å²) in [5.74, 6) is 0.504. The molecule has 0 radical (unpaired) electrons. The molecule has 0 spiro atoms. The van der Waals surface area contributed by atoms with E-state index in [1.807, 2.05) is 13.8 Å². The molecule has 1 aromatic rings. The SMILES string of the molecule is COCC1(CNC(=O)c2nc(C(C)C)ncc2Cl)CCNCC1.Cl. The highest BCUT2D eigenvalue weighted by molar-refractivity contribution is 6.33. The lowest BCUT2D eigenvalue weighted by atomic mass is 9.79. The summed E-state index contributed by atoms with van der Waals surface area (Å²) in [5.41, 5.74) is 0.211. The summed E-state index contributed by atoms with van der Waals surface area (Å²) in [6.45, 7) is 7.01. The molecule has 0 aromatic carbocycles. The zero-order chi connectivity index (χ0) is 16.9. The third-order valence-corrected chi connectivity index (χ3v) is 4.51. The zero-order valence-electron chi connectivity index (χ0n) is 14.4. The third-order valence-electron chi connectivity index (χ3n) is 4.23. The Morgan fingerprint density at radius 1 is 1.46 bits per heavy atom. The fourth-order valence-electron chi connectivity index (χ4n) is 2.81. The second-order valence-electron chi connectivity index (χ2n) is 6.45. The topological polar surface area (TPSA) is 76.1 Å². The van der Waals surface area contributed by atoms with Gasteiger partial charge in [0.2, 0.25) is 0 Å². The molecule has 1 fully saturated rings. The first kappa shape index (κ1) is 21.1. The summed E-state index contributed by atoms with van der Waals surface area (Å²) >= 11 is 6.09. The lowest BCUT2D eigenvalue weighted by Crippen LogP contribution is -2.47. The Hall–Kier alpha value is -0.950. The smallest absolute Gasteiger partial charge is 0.271 e. The Bertz CT molecular complexity index is 543. The van der Waals surface area contributed by atoms with E-state index in [0.717, 1.165) is 25.9 Å². The number of nitrogens with zero attached hydrogens (tertiary/aromatic N) is 2. The number of nitrogens with one attached hydrogen (secondary N) is 2. The number of halogens is 2. The molecule has 1 amide bonds. The molecule has 2 rings (SSSR count). The van der Waals surface area contributed by atoms with Gasteiger partial charge in [-0.1, -0.05) is 25.4 Å². The van der Waals surface area contributed by atoms with Crippen LogP contribution in [0.1, 0.15) is 48.9 Å². The number of piperidine rings is 1. The Morgan fingerprint density at radius 3 is 2.71 bits per heavy atom. The third kappa shape index (κ3) is 5.28. The monoisotopic (exact) mass is 376 g/mol. The first-order valence-corrected chi connectivity index (χ1v) is 8.35. The Kier molecular flexibility index (Phi) is 8.36. The molecule has 1 aliphatic rings. The minimum Gasteiger partial charge on any atom is -0.384 e. The van der Waals surface area contributed by atoms with Crippen LogP contribution in [0, 0.1) is 5.41 Å². The number of carbonyl (C=O) groups is 1. The van der Waals surface area contributed by atoms with E-state index in [2.05, 4.69) is 20.6 Å². The minimum absolute atomic E-state index is 0. The van der Waals surface area contributed by atoms with Crippen molar-refractivity contribution in [2.45, 2.75) is 32.6 Å². The molecule has 2 N–H and O–H groups in total. The van der Waals surface area contributed by atoms with Crippen LogP contribution in [-0.4, -0.2) is 49.2 Å². The number of aromatic nitrogens is 2. The van der Waals surface area contributed by atoms with Crippen LogP contribution in [0.5, 0.6) is 0 Å². The average molecular weight is 377 g/mol. The van der Waals surface area contributed by atoms with Crippen molar-refractivity contribution in [1.29, 1.82) is 0 Å². The van der Waals surface area contributed by atoms with Crippen molar-refractivity contribution in [2.24, 2.45) is 5.41 Å². The number of amides is 1. The maximum atomic E-state index is 12.5. The summed E-state index contributed by atoms with van der Waals surface area (Å²) in [5, 5.41) is 6.59. The summed E-state index contributed by atoms with van der Waals surface area (Å²) < 4.78 is 5.37. The maximum absolute atomic E-state index is 12.5. The van der Waals surface area contributed by atoms with E-state index >= 15 is 0 Å². The highest BCUT2D eigenvalue weighted by Gasteiger charge is 2.33. The molecule has 24 heavy (non-hydrogen) atoms. The van der Waals surface area contributed by atoms with Crippen LogP contribution >= 0.6 is 24.0 Å². The molecule has 0 aliphatic carbocycles. The molecule has 0 unspecified atom stereocenters. The van der Waals surface area contributed by atoms with E-state index in [9.17, 15) is 4.79 Å². The molecule has 0 saturated carbocycles. The van der Waals surface area contributed by atoms with Gasteiger partial charge in [-0.15, -0.1) is 12.4 Å². The van der Waals surface area contributed by atoms with Gasteiger partial charge in [-0.05, 0) is 25.9 Å². The molecule has 0 atom stereocenters. The van der Waals surface area contributed by atoms with Crippen molar-refractivity contribution in [1.82, 2.24) is 20.6 Å². The van der Waals surface area contributed by atoms with Gasteiger partial charge in [0.05, 0.1) is 17.8 Å². The second kappa shape index (κ2) is 9.51. The van der Waals surface area contributed by atoms with E-state index in [0.29, 0.717) is 19.0 Å². The number of ether oxygens (including phenoxy) is 1. The number of hydrogen-bond donors (Lipinski definition) is 2. The van der Waals surface area contributed by atoms with Crippen molar-refractivity contribution in [3.63, 3.8) is 0 Å². The van der Waals surface area contributed by atoms with Gasteiger partial charge in [0.15, 0.2) is 0 Å². The van der Waals surface area contributed by atoms with Gasteiger partial charge in [0, 0.05) is 25.0 Å². The van der Waals surface area contributed by atoms with Gasteiger partial charge in [-0.2, -0.15) is 0 Å². The molecular formula is C16H26Cl2N4O2. The summed E-state index contributed by atoms with van der Waals surface area (Å²) in [6.07, 6.45) is 3.43. The van der Waals surface area contributed by atoms with Gasteiger partial charge in [-0.25, -0.2) is 9.97 Å². The fourth-order valence-corrected chi connectivity index (χ4v) is 2.98. The number of hydrogen-bond acceptors (Lipinski definition) is 5. The van der Waals surface area contributed by atoms with Crippen molar-refractivity contribution in [3.8, 4) is 0 Å². The van der Waals surface area contributed by atoms with Gasteiger partial charge in [-0.3, -0.25) is 4.79 Å². The van der Waals surface area contributed by atoms with E-state index in [1.54, 1.807) is 7.11 Å². The van der Waals surface area contributed by atoms with Crippen LogP contribution in [-0.2, 0) is 4.74 Å². The molecule has 6 nitrogen and oxygen atoms in total. The molecule has 2 heterocycles. The summed E-state index contributed by atoms with van der Waals surface area (Å²) in [7, 11) is 1.70. The van der Waals surface area contributed by atoms with E-state index < -0.39 is 0 Å². The minimum atomic E-state index is -0.256. The van der Waals surface area contributed by atoms with Gasteiger partial charge in [0.1, 0.15) is 11.5 Å². The summed E-state index contributed by atoms with van der Waals surface area (Å²) in [4.78, 5) is 21.0. The molecular weight excluding hydrogens is 351 g/mol. The predicted octanol–water partition coefficient (Wildman–Crippen LogP) is 2.42. The van der Waals surface area contributed by atoms with Crippen molar-refractivity contribution < 1.29 is 9.53 Å². The fraction of sp³-hybridized carbons (Fsp3) is 0.688. The van der Waals surface area contributed by atoms with E-state index in [-0.39, 0.29) is 40.4 Å². The number of carbonyl (C=O) groups excluding carboxylic acids is 1. The second-order valence-corrected chi connectivity index (χ2v) is 6.85. The molecule has 136 valence electrons. The van der Waals surface area contributed by atoms with Crippen LogP contribution in [0.4, 0.5) is 0 Å². The first-order chi connectivity index (χ1) is 11.0. The average Bonchev–Trinajstić information content (AvgIpc) is 2.54. The van der Waals surface area contributed by atoms with Crippen molar-refractivity contribution in [3.05, 3.63) is 22.7 Å². The van der Waals surface area contributed by atoms with Crippen molar-refractivity contribution in [2.75, 3.05) is 33.4 Å². The predicted molar refractivity (Wildman–Crippen MR) is 97.1 cm³/mol. The quantitative estimate of drug-likeness (QED) is 0.796. The molecule has 1 aromatic heterocycles. The molecule has 1 aliphatic heterocycles. The van der Waals surface area contributed by atoms with Gasteiger partial charge >= 0.3 is 0 Å². The van der Waals surface area contributed by atoms with Crippen molar-refractivity contribution >= 4 is 29.9 Å². The van der Waals surface area contributed by atoms with Crippen LogP contribution in [0.2, 0.25) is 5.02 Å². The highest BCUT2D eigenvalue weighted by Crippen LogP contribution is 2.28. The van der Waals surface area contributed by atoms with Gasteiger partial charge in [0.25, 0.3) is 5.91 Å². The normalized spacial score (nSPS) is 16.5. The number of rotatable bonds is 6. The molecule has 8 heteroatoms. The Labute approximate surface area is 154 Å². The Morgan fingerprint density at radius 2 is 2.12 bits per heavy atom. The van der Waals surface area contributed by atoms with E-state index in [4.69, 9.17) is 16.3 Å². The van der Waals surface area contributed by atoms with Crippen LogP contribution in [0.25, 0.3) is 0 Å². The highest BCUT2D eigenvalue weighted by atomic mass is 35.5. The molecule has 0 bridgehead atoms. The van der Waals surface area contributed by atoms with E-state index in [1.165, 1.54) is 6.20 Å². The number of methoxy groups -OCH3 is 1. The first-order valence-electron chi connectivity index (χ1n) is 7.98. The lowest BCUT2D eigenvalue weighted by Gasteiger charge is -2.37.